The minimum Gasteiger partial charge on any atom is -0.309 e. The van der Waals surface area contributed by atoms with E-state index in [1.54, 1.807) is 11.1 Å². The maximum atomic E-state index is 2.58. The van der Waals surface area contributed by atoms with Crippen molar-refractivity contribution in [2.75, 3.05) is 4.90 Å². The second-order valence-corrected chi connectivity index (χ2v) is 14.4. The van der Waals surface area contributed by atoms with E-state index in [1.807, 2.05) is 11.3 Å². The molecule has 0 saturated heterocycles. The summed E-state index contributed by atoms with van der Waals surface area (Å²) in [4.78, 5) is 2.54. The molecule has 3 aliphatic rings. The summed E-state index contributed by atoms with van der Waals surface area (Å²) < 4.78 is 2.67. The zero-order valence-electron chi connectivity index (χ0n) is 25.1. The molecule has 1 heterocycles. The monoisotopic (exact) mass is 595 g/mol. The van der Waals surface area contributed by atoms with Crippen LogP contribution < -0.4 is 4.90 Å². The SMILES string of the molecule is c1ccc(-c2cccc(N(c3ccc4c(c3)C3(CC5CC[C@H]3C5)c3ccccc3-4)c3cccc4c3sc3ccccc34)c2)cc1. The number of hydrogen-bond donors (Lipinski definition) is 0. The fraction of sp³-hybridized carbons (Fsp3) is 0.163. The van der Waals surface area contributed by atoms with Crippen LogP contribution in [0.25, 0.3) is 42.4 Å². The third-order valence-corrected chi connectivity index (χ3v) is 12.3. The summed E-state index contributed by atoms with van der Waals surface area (Å²) in [6.45, 7) is 0. The van der Waals surface area contributed by atoms with E-state index in [9.17, 15) is 0 Å². The highest BCUT2D eigenvalue weighted by Gasteiger charge is 2.56. The Kier molecular flexibility index (Phi) is 5.51. The molecule has 7 aromatic rings. The molecule has 2 saturated carbocycles. The zero-order valence-corrected chi connectivity index (χ0v) is 25.9. The number of fused-ring (bicyclic) bond motifs is 11. The zero-order chi connectivity index (χ0) is 29.5. The molecule has 3 atom stereocenters. The van der Waals surface area contributed by atoms with Gasteiger partial charge in [-0.3, -0.25) is 0 Å². The summed E-state index contributed by atoms with van der Waals surface area (Å²) in [5.74, 6) is 1.59. The van der Waals surface area contributed by atoms with E-state index >= 15 is 0 Å². The Hall–Kier alpha value is -4.66. The van der Waals surface area contributed by atoms with Crippen LogP contribution in [0.3, 0.4) is 0 Å². The molecule has 2 heteroatoms. The normalized spacial score (nSPS) is 21.1. The molecule has 0 N–H and O–H groups in total. The van der Waals surface area contributed by atoms with E-state index in [0.29, 0.717) is 0 Å². The van der Waals surface area contributed by atoms with Crippen molar-refractivity contribution >= 4 is 48.6 Å². The number of benzene rings is 6. The van der Waals surface area contributed by atoms with Crippen molar-refractivity contribution in [1.82, 2.24) is 0 Å². The molecule has 1 spiro atoms. The Bertz CT molecular complexity index is 2260. The van der Waals surface area contributed by atoms with Crippen LogP contribution in [-0.4, -0.2) is 0 Å². The van der Waals surface area contributed by atoms with Crippen molar-refractivity contribution in [3.63, 3.8) is 0 Å². The van der Waals surface area contributed by atoms with Gasteiger partial charge in [-0.15, -0.1) is 11.3 Å². The molecule has 3 aliphatic carbocycles. The van der Waals surface area contributed by atoms with Gasteiger partial charge in [-0.05, 0) is 101 Å². The van der Waals surface area contributed by atoms with E-state index in [2.05, 4.69) is 144 Å². The first kappa shape index (κ1) is 25.6. The average molecular weight is 596 g/mol. The van der Waals surface area contributed by atoms with Gasteiger partial charge in [0.15, 0.2) is 0 Å². The van der Waals surface area contributed by atoms with Crippen LogP contribution in [0.4, 0.5) is 17.1 Å². The first-order chi connectivity index (χ1) is 22.3. The number of anilines is 3. The highest BCUT2D eigenvalue weighted by atomic mass is 32.1. The van der Waals surface area contributed by atoms with Crippen LogP contribution in [-0.2, 0) is 5.41 Å². The lowest BCUT2D eigenvalue weighted by molar-refractivity contribution is 0.327. The maximum Gasteiger partial charge on any atom is 0.0640 e. The molecular formula is C43H33NS. The van der Waals surface area contributed by atoms with Gasteiger partial charge < -0.3 is 4.90 Å². The Balaban J connectivity index is 1.22. The summed E-state index contributed by atoms with van der Waals surface area (Å²) in [5, 5.41) is 2.66. The van der Waals surface area contributed by atoms with E-state index in [1.165, 1.54) is 85.2 Å². The first-order valence-electron chi connectivity index (χ1n) is 16.4. The van der Waals surface area contributed by atoms with Crippen molar-refractivity contribution in [1.29, 1.82) is 0 Å². The van der Waals surface area contributed by atoms with E-state index < -0.39 is 0 Å². The van der Waals surface area contributed by atoms with Crippen molar-refractivity contribution in [2.45, 2.75) is 31.1 Å². The molecular weight excluding hydrogens is 563 g/mol. The Morgan fingerprint density at radius 3 is 2.22 bits per heavy atom. The number of rotatable bonds is 4. The van der Waals surface area contributed by atoms with Crippen molar-refractivity contribution in [3.8, 4) is 22.3 Å². The highest BCUT2D eigenvalue weighted by Crippen LogP contribution is 2.66. The predicted molar refractivity (Wildman–Crippen MR) is 191 cm³/mol. The standard InChI is InChI=1S/C43H33NS/c1-2-10-29(11-3-1)30-12-8-13-32(25-30)44(40-18-9-16-37-36-15-5-7-19-41(36)45-42(37)40)33-22-23-35-34-14-4-6-17-38(34)43(39(35)26-33)27-28-20-21-31(43)24-28/h1-19,22-23,25-26,28,31H,20-21,24,27H2/t28?,31-,43?/m0/s1. The summed E-state index contributed by atoms with van der Waals surface area (Å²) in [7, 11) is 0. The van der Waals surface area contributed by atoms with Crippen LogP contribution in [0.2, 0.25) is 0 Å². The molecule has 216 valence electrons. The van der Waals surface area contributed by atoms with Crippen LogP contribution in [0, 0.1) is 11.8 Å². The molecule has 0 amide bonds. The quantitative estimate of drug-likeness (QED) is 0.196. The molecule has 2 bridgehead atoms. The Labute approximate surface area is 268 Å². The molecule has 2 fully saturated rings. The Morgan fingerprint density at radius 2 is 1.33 bits per heavy atom. The van der Waals surface area contributed by atoms with Gasteiger partial charge in [-0.25, -0.2) is 0 Å². The fourth-order valence-corrected chi connectivity index (χ4v) is 10.5. The first-order valence-corrected chi connectivity index (χ1v) is 17.2. The van der Waals surface area contributed by atoms with Crippen molar-refractivity contribution in [2.24, 2.45) is 11.8 Å². The molecule has 2 unspecified atom stereocenters. The summed E-state index contributed by atoms with van der Waals surface area (Å²) >= 11 is 1.91. The lowest BCUT2D eigenvalue weighted by atomic mass is 9.67. The van der Waals surface area contributed by atoms with Crippen molar-refractivity contribution in [3.05, 3.63) is 151 Å². The van der Waals surface area contributed by atoms with Gasteiger partial charge in [0.1, 0.15) is 0 Å². The topological polar surface area (TPSA) is 3.24 Å². The van der Waals surface area contributed by atoms with E-state index in [4.69, 9.17) is 0 Å². The van der Waals surface area contributed by atoms with Crippen molar-refractivity contribution < 1.29 is 0 Å². The van der Waals surface area contributed by atoms with Crippen LogP contribution in [0.5, 0.6) is 0 Å². The molecule has 1 nitrogen and oxygen atoms in total. The van der Waals surface area contributed by atoms with Crippen LogP contribution in [0.1, 0.15) is 36.8 Å². The number of nitrogens with zero attached hydrogens (tertiary/aromatic N) is 1. The lowest BCUT2D eigenvalue weighted by Crippen LogP contribution is -2.32. The maximum absolute atomic E-state index is 2.58. The molecule has 45 heavy (non-hydrogen) atoms. The van der Waals surface area contributed by atoms with Gasteiger partial charge in [0.05, 0.1) is 10.4 Å². The van der Waals surface area contributed by atoms with Crippen LogP contribution in [0.15, 0.2) is 140 Å². The highest BCUT2D eigenvalue weighted by molar-refractivity contribution is 7.26. The minimum absolute atomic E-state index is 0.145. The van der Waals surface area contributed by atoms with Gasteiger partial charge >= 0.3 is 0 Å². The largest absolute Gasteiger partial charge is 0.309 e. The van der Waals surface area contributed by atoms with Gasteiger partial charge in [0, 0.05) is 32.3 Å². The second kappa shape index (κ2) is 9.67. The summed E-state index contributed by atoms with van der Waals surface area (Å²) in [6.07, 6.45) is 5.42. The number of thiophene rings is 1. The summed E-state index contributed by atoms with van der Waals surface area (Å²) in [6, 6.07) is 52.3. The smallest absolute Gasteiger partial charge is 0.0640 e. The number of hydrogen-bond acceptors (Lipinski definition) is 2. The third-order valence-electron chi connectivity index (χ3n) is 11.1. The predicted octanol–water partition coefficient (Wildman–Crippen LogP) is 12.3. The third kappa shape index (κ3) is 3.66. The summed E-state index contributed by atoms with van der Waals surface area (Å²) in [5.41, 5.74) is 12.3. The molecule has 10 rings (SSSR count). The van der Waals surface area contributed by atoms with Gasteiger partial charge in [0.25, 0.3) is 0 Å². The average Bonchev–Trinajstić information content (AvgIpc) is 3.88. The van der Waals surface area contributed by atoms with Gasteiger partial charge in [-0.2, -0.15) is 0 Å². The molecule has 0 aliphatic heterocycles. The van der Waals surface area contributed by atoms with Crippen LogP contribution >= 0.6 is 11.3 Å². The Morgan fingerprint density at radius 1 is 0.578 bits per heavy atom. The second-order valence-electron chi connectivity index (χ2n) is 13.3. The minimum atomic E-state index is 0.145. The lowest BCUT2D eigenvalue weighted by Gasteiger charge is -2.37. The molecule has 0 radical (unpaired) electrons. The fourth-order valence-electron chi connectivity index (χ4n) is 9.31. The van der Waals surface area contributed by atoms with Gasteiger partial charge in [0.2, 0.25) is 0 Å². The van der Waals surface area contributed by atoms with E-state index in [-0.39, 0.29) is 5.41 Å². The molecule has 6 aromatic carbocycles. The van der Waals surface area contributed by atoms with Gasteiger partial charge in [-0.1, -0.05) is 110 Å². The van der Waals surface area contributed by atoms with E-state index in [0.717, 1.165) is 11.8 Å². The molecule has 1 aromatic heterocycles.